The summed E-state index contributed by atoms with van der Waals surface area (Å²) in [5.74, 6) is 2.68. The quantitative estimate of drug-likeness (QED) is 0.450. The Labute approximate surface area is 198 Å². The topological polar surface area (TPSA) is 15.3 Å². The predicted molar refractivity (Wildman–Crippen MR) is 144 cm³/mol. The van der Waals surface area contributed by atoms with E-state index >= 15 is 0 Å². The lowest BCUT2D eigenvalue weighted by atomic mass is 9.89. The molecule has 2 nitrogen and oxygen atoms in total. The van der Waals surface area contributed by atoms with Crippen LogP contribution in [0.3, 0.4) is 0 Å². The third kappa shape index (κ3) is 3.20. The van der Waals surface area contributed by atoms with Gasteiger partial charge in [-0.2, -0.15) is 0 Å². The number of para-hydroxylation sites is 4. The molecule has 0 amide bonds. The first-order valence-electron chi connectivity index (χ1n) is 12.5. The van der Waals surface area contributed by atoms with Crippen molar-refractivity contribution in [3.63, 3.8) is 0 Å². The summed E-state index contributed by atoms with van der Waals surface area (Å²) >= 11 is 0. The van der Waals surface area contributed by atoms with Crippen molar-refractivity contribution in [2.45, 2.75) is 38.9 Å². The average molecular weight is 451 g/mol. The Morgan fingerprint density at radius 1 is 0.788 bits per heavy atom. The Balaban J connectivity index is 1.53. The second-order valence-electron chi connectivity index (χ2n) is 11.0. The summed E-state index contributed by atoms with van der Waals surface area (Å²) < 4.78 is 2.78. The van der Waals surface area contributed by atoms with Crippen molar-refractivity contribution in [2.75, 3.05) is 9.88 Å². The summed E-state index contributed by atoms with van der Waals surface area (Å²) in [5.41, 5.74) is 5.85. The second-order valence-corrected chi connectivity index (χ2v) is 15.4. The van der Waals surface area contributed by atoms with E-state index in [1.54, 1.807) is 0 Å². The molecule has 2 aliphatic carbocycles. The molecule has 3 aliphatic rings. The van der Waals surface area contributed by atoms with E-state index in [4.69, 9.17) is 0 Å². The number of nitrogens with one attached hydrogen (secondary N) is 1. The molecule has 0 bridgehead atoms. The molecule has 0 aromatic heterocycles. The summed E-state index contributed by atoms with van der Waals surface area (Å²) in [7, 11) is -1.99. The van der Waals surface area contributed by atoms with E-state index in [2.05, 4.69) is 122 Å². The summed E-state index contributed by atoms with van der Waals surface area (Å²) in [6, 6.07) is 26.8. The monoisotopic (exact) mass is 450 g/mol. The van der Waals surface area contributed by atoms with Gasteiger partial charge in [0.1, 0.15) is 0 Å². The molecule has 168 valence electrons. The number of nitrogens with zero attached hydrogens (tertiary/aromatic N) is 1. The SMILES string of the molecule is CC(C)[C@@H]1C[C@@H]2C=c3ccccc3=C[C@@H]2C1[Si](C)(C)N1c2ccccc2Nc2ccccc21. The first-order chi connectivity index (χ1) is 15.9. The van der Waals surface area contributed by atoms with E-state index < -0.39 is 8.24 Å². The van der Waals surface area contributed by atoms with Crippen molar-refractivity contribution in [2.24, 2.45) is 23.7 Å². The molecule has 1 N–H and O–H groups in total. The highest BCUT2D eigenvalue weighted by Crippen LogP contribution is 2.59. The average Bonchev–Trinajstić information content (AvgIpc) is 3.20. The van der Waals surface area contributed by atoms with Crippen molar-refractivity contribution in [3.05, 3.63) is 83.2 Å². The maximum Gasteiger partial charge on any atom is 0.160 e. The number of hydrogen-bond donors (Lipinski definition) is 1. The fraction of sp³-hybridized carbons (Fsp3) is 0.333. The van der Waals surface area contributed by atoms with Crippen LogP contribution < -0.4 is 20.3 Å². The number of anilines is 4. The number of benzene rings is 3. The van der Waals surface area contributed by atoms with Crippen LogP contribution in [0.4, 0.5) is 22.7 Å². The number of hydrogen-bond acceptors (Lipinski definition) is 2. The molecule has 1 heterocycles. The molecule has 1 aliphatic heterocycles. The molecule has 3 aromatic rings. The number of rotatable bonds is 3. The fourth-order valence-corrected chi connectivity index (χ4v) is 11.9. The van der Waals surface area contributed by atoms with E-state index in [1.807, 2.05) is 0 Å². The molecule has 0 radical (unpaired) electrons. The Kier molecular flexibility index (Phi) is 4.81. The van der Waals surface area contributed by atoms with Gasteiger partial charge in [-0.15, -0.1) is 0 Å². The normalized spacial score (nSPS) is 25.2. The van der Waals surface area contributed by atoms with E-state index in [1.165, 1.54) is 39.6 Å². The molecule has 1 unspecified atom stereocenters. The highest BCUT2D eigenvalue weighted by Gasteiger charge is 2.54. The van der Waals surface area contributed by atoms with E-state index in [-0.39, 0.29) is 0 Å². The van der Waals surface area contributed by atoms with Crippen LogP contribution >= 0.6 is 0 Å². The highest BCUT2D eigenvalue weighted by atomic mass is 28.3. The van der Waals surface area contributed by atoms with Crippen molar-refractivity contribution in [3.8, 4) is 0 Å². The van der Waals surface area contributed by atoms with Gasteiger partial charge in [-0.05, 0) is 70.3 Å². The van der Waals surface area contributed by atoms with Crippen LogP contribution in [-0.4, -0.2) is 8.24 Å². The first-order valence-corrected chi connectivity index (χ1v) is 15.5. The summed E-state index contributed by atoms with van der Waals surface area (Å²) in [6.07, 6.45) is 6.55. The van der Waals surface area contributed by atoms with Gasteiger partial charge in [-0.3, -0.25) is 0 Å². The van der Waals surface area contributed by atoms with Gasteiger partial charge < -0.3 is 9.88 Å². The van der Waals surface area contributed by atoms with Gasteiger partial charge in [0.15, 0.2) is 8.24 Å². The van der Waals surface area contributed by atoms with Crippen LogP contribution in [0.5, 0.6) is 0 Å². The van der Waals surface area contributed by atoms with E-state index in [9.17, 15) is 0 Å². The third-order valence-corrected chi connectivity index (χ3v) is 12.6. The Morgan fingerprint density at radius 3 is 1.94 bits per heavy atom. The molecule has 3 heteroatoms. The van der Waals surface area contributed by atoms with Crippen LogP contribution in [0.1, 0.15) is 20.3 Å². The highest BCUT2D eigenvalue weighted by molar-refractivity contribution is 6.84. The maximum atomic E-state index is 3.70. The Morgan fingerprint density at radius 2 is 1.33 bits per heavy atom. The molecule has 33 heavy (non-hydrogen) atoms. The van der Waals surface area contributed by atoms with Gasteiger partial charge in [-0.1, -0.05) is 87.6 Å². The van der Waals surface area contributed by atoms with Crippen molar-refractivity contribution < 1.29 is 0 Å². The van der Waals surface area contributed by atoms with E-state index in [0.29, 0.717) is 23.3 Å². The lowest BCUT2D eigenvalue weighted by molar-refractivity contribution is 0.380. The minimum atomic E-state index is -1.99. The second kappa shape index (κ2) is 7.63. The van der Waals surface area contributed by atoms with Crippen molar-refractivity contribution in [1.29, 1.82) is 0 Å². The lowest BCUT2D eigenvalue weighted by Gasteiger charge is -2.50. The van der Waals surface area contributed by atoms with Gasteiger partial charge in [0.25, 0.3) is 0 Å². The smallest absolute Gasteiger partial charge is 0.160 e. The predicted octanol–water partition coefficient (Wildman–Crippen LogP) is 6.64. The number of fused-ring (bicyclic) bond motifs is 4. The van der Waals surface area contributed by atoms with Crippen LogP contribution in [0.2, 0.25) is 18.6 Å². The lowest BCUT2D eigenvalue weighted by Crippen LogP contribution is -2.54. The van der Waals surface area contributed by atoms with E-state index in [0.717, 1.165) is 5.92 Å². The van der Waals surface area contributed by atoms with Crippen molar-refractivity contribution >= 4 is 43.1 Å². The van der Waals surface area contributed by atoms with Gasteiger partial charge in [0.05, 0.1) is 22.7 Å². The first kappa shape index (κ1) is 20.8. The van der Waals surface area contributed by atoms with Gasteiger partial charge in [0.2, 0.25) is 0 Å². The zero-order valence-corrected chi connectivity index (χ0v) is 21.1. The minimum absolute atomic E-state index is 0.614. The fourth-order valence-electron chi connectivity index (χ4n) is 7.10. The molecule has 1 saturated carbocycles. The minimum Gasteiger partial charge on any atom is -0.366 e. The van der Waals surface area contributed by atoms with Crippen molar-refractivity contribution in [1.82, 2.24) is 0 Å². The molecule has 4 atom stereocenters. The van der Waals surface area contributed by atoms with Gasteiger partial charge >= 0.3 is 0 Å². The zero-order chi connectivity index (χ0) is 22.7. The van der Waals surface area contributed by atoms with Crippen LogP contribution in [0.15, 0.2) is 72.8 Å². The largest absolute Gasteiger partial charge is 0.366 e. The molecular formula is C30H34N2Si. The Bertz CT molecular complexity index is 1280. The molecule has 3 aromatic carbocycles. The Hall–Kier alpha value is -2.78. The summed E-state index contributed by atoms with van der Waals surface area (Å²) in [5, 5.41) is 6.56. The summed E-state index contributed by atoms with van der Waals surface area (Å²) in [6.45, 7) is 10.2. The molecule has 6 rings (SSSR count). The van der Waals surface area contributed by atoms with Crippen LogP contribution in [0, 0.1) is 23.7 Å². The maximum absolute atomic E-state index is 3.70. The van der Waals surface area contributed by atoms with Crippen LogP contribution in [-0.2, 0) is 0 Å². The van der Waals surface area contributed by atoms with Gasteiger partial charge in [0, 0.05) is 0 Å². The third-order valence-electron chi connectivity index (χ3n) is 8.48. The molecule has 1 fully saturated rings. The van der Waals surface area contributed by atoms with Gasteiger partial charge in [-0.25, -0.2) is 0 Å². The molecular weight excluding hydrogens is 416 g/mol. The van der Waals surface area contributed by atoms with Crippen LogP contribution in [0.25, 0.3) is 12.2 Å². The zero-order valence-electron chi connectivity index (χ0n) is 20.1. The molecule has 0 saturated heterocycles. The molecule has 0 spiro atoms. The standard InChI is InChI=1S/C30H34N2Si/c1-20(2)24-19-23-17-21-11-5-6-12-22(21)18-25(23)30(24)33(3,4)32-28-15-9-7-13-26(28)31-27-14-8-10-16-29(27)32/h5-18,20,23-25,30-31H,19H2,1-4H3/t23-,24-,25-,30?/m0/s1. The summed E-state index contributed by atoms with van der Waals surface area (Å²) in [4.78, 5) is 0.